The molecule has 2 heterocycles. The maximum atomic E-state index is 5.72. The molecule has 0 aliphatic heterocycles. The molecule has 0 atom stereocenters. The summed E-state index contributed by atoms with van der Waals surface area (Å²) in [5, 5.41) is 0. The fourth-order valence-electron chi connectivity index (χ4n) is 2.23. The molecule has 0 aliphatic carbocycles. The highest BCUT2D eigenvalue weighted by atomic mass is 15.0. The van der Waals surface area contributed by atoms with Crippen molar-refractivity contribution in [2.45, 2.75) is 39.5 Å². The van der Waals surface area contributed by atoms with Crippen LogP contribution in [0.1, 0.15) is 37.7 Å². The van der Waals surface area contributed by atoms with Gasteiger partial charge in [0.1, 0.15) is 5.65 Å². The van der Waals surface area contributed by atoms with Gasteiger partial charge in [-0.25, -0.2) is 4.98 Å². The Morgan fingerprint density at radius 1 is 1.35 bits per heavy atom. The third-order valence-electron chi connectivity index (χ3n) is 3.04. The molecular weight excluding hydrogens is 210 g/mol. The molecule has 0 unspecified atom stereocenters. The van der Waals surface area contributed by atoms with Gasteiger partial charge in [-0.1, -0.05) is 26.8 Å². The van der Waals surface area contributed by atoms with E-state index in [9.17, 15) is 0 Å². The third kappa shape index (κ3) is 2.07. The van der Waals surface area contributed by atoms with Gasteiger partial charge >= 0.3 is 0 Å². The van der Waals surface area contributed by atoms with Gasteiger partial charge in [-0.15, -0.1) is 0 Å². The topological polar surface area (TPSA) is 43.3 Å². The van der Waals surface area contributed by atoms with Crippen molar-refractivity contribution in [3.63, 3.8) is 0 Å². The van der Waals surface area contributed by atoms with E-state index in [-0.39, 0.29) is 5.41 Å². The lowest BCUT2D eigenvalue weighted by molar-refractivity contribution is 0.563. The standard InChI is InChI=1S/C14H21N3/c1-10-6-5-9-17-11(7-8-15)12(14(2,3)4)16-13(10)17/h5-6,9H,7-8,15H2,1-4H3. The van der Waals surface area contributed by atoms with Crippen molar-refractivity contribution in [2.75, 3.05) is 6.54 Å². The van der Waals surface area contributed by atoms with Crippen LogP contribution in [-0.4, -0.2) is 15.9 Å². The molecule has 0 bridgehead atoms. The van der Waals surface area contributed by atoms with Gasteiger partial charge in [0, 0.05) is 23.7 Å². The van der Waals surface area contributed by atoms with Gasteiger partial charge in [-0.2, -0.15) is 0 Å². The molecule has 0 aliphatic rings. The van der Waals surface area contributed by atoms with Crippen molar-refractivity contribution < 1.29 is 0 Å². The minimum absolute atomic E-state index is 0.0585. The van der Waals surface area contributed by atoms with Gasteiger partial charge in [0.05, 0.1) is 5.69 Å². The second kappa shape index (κ2) is 4.15. The average Bonchev–Trinajstić information content (AvgIpc) is 2.59. The first kappa shape index (κ1) is 12.1. The van der Waals surface area contributed by atoms with Gasteiger partial charge < -0.3 is 10.1 Å². The van der Waals surface area contributed by atoms with Crippen LogP contribution in [0.25, 0.3) is 5.65 Å². The molecule has 0 aromatic carbocycles. The van der Waals surface area contributed by atoms with Crippen LogP contribution in [-0.2, 0) is 11.8 Å². The minimum Gasteiger partial charge on any atom is -0.330 e. The van der Waals surface area contributed by atoms with Crippen LogP contribution in [0.2, 0.25) is 0 Å². The van der Waals surface area contributed by atoms with E-state index in [1.807, 2.05) is 0 Å². The molecule has 2 aromatic heterocycles. The molecule has 0 saturated heterocycles. The Morgan fingerprint density at radius 3 is 2.65 bits per heavy atom. The van der Waals surface area contributed by atoms with Gasteiger partial charge in [0.15, 0.2) is 0 Å². The van der Waals surface area contributed by atoms with Crippen LogP contribution in [0.5, 0.6) is 0 Å². The SMILES string of the molecule is Cc1cccn2c(CCN)c(C(C)(C)C)nc12. The Kier molecular flexibility index (Phi) is 2.96. The minimum atomic E-state index is 0.0585. The first-order chi connectivity index (χ1) is 7.95. The summed E-state index contributed by atoms with van der Waals surface area (Å²) < 4.78 is 2.18. The average molecular weight is 231 g/mol. The van der Waals surface area contributed by atoms with Crippen molar-refractivity contribution in [3.05, 3.63) is 35.3 Å². The molecule has 2 aromatic rings. The lowest BCUT2D eigenvalue weighted by Gasteiger charge is -2.17. The van der Waals surface area contributed by atoms with Crippen molar-refractivity contribution in [1.82, 2.24) is 9.38 Å². The zero-order chi connectivity index (χ0) is 12.6. The van der Waals surface area contributed by atoms with Crippen LogP contribution in [0, 0.1) is 6.92 Å². The molecule has 3 heteroatoms. The Morgan fingerprint density at radius 2 is 2.06 bits per heavy atom. The fourth-order valence-corrected chi connectivity index (χ4v) is 2.23. The van der Waals surface area contributed by atoms with Gasteiger partial charge in [-0.05, 0) is 25.1 Å². The maximum Gasteiger partial charge on any atom is 0.140 e. The molecule has 0 saturated carbocycles. The lowest BCUT2D eigenvalue weighted by atomic mass is 9.90. The molecular formula is C14H21N3. The third-order valence-corrected chi connectivity index (χ3v) is 3.04. The Hall–Kier alpha value is -1.35. The van der Waals surface area contributed by atoms with E-state index in [1.54, 1.807) is 0 Å². The van der Waals surface area contributed by atoms with Gasteiger partial charge in [0.2, 0.25) is 0 Å². The van der Waals surface area contributed by atoms with Crippen LogP contribution >= 0.6 is 0 Å². The molecule has 0 fully saturated rings. The van der Waals surface area contributed by atoms with E-state index in [2.05, 4.69) is 50.4 Å². The number of imidazole rings is 1. The van der Waals surface area contributed by atoms with Crippen LogP contribution < -0.4 is 5.73 Å². The molecule has 92 valence electrons. The molecule has 2 N–H and O–H groups in total. The van der Waals surface area contributed by atoms with Crippen molar-refractivity contribution in [3.8, 4) is 0 Å². The van der Waals surface area contributed by atoms with Crippen LogP contribution in [0.3, 0.4) is 0 Å². The quantitative estimate of drug-likeness (QED) is 0.862. The Balaban J connectivity index is 2.75. The summed E-state index contributed by atoms with van der Waals surface area (Å²) in [4.78, 5) is 4.81. The molecule has 0 spiro atoms. The summed E-state index contributed by atoms with van der Waals surface area (Å²) in [5.41, 5.74) is 10.5. The van der Waals surface area contributed by atoms with Gasteiger partial charge in [0.25, 0.3) is 0 Å². The number of hydrogen-bond donors (Lipinski definition) is 1. The Bertz CT molecular complexity index is 532. The number of nitrogens with two attached hydrogens (primary N) is 1. The van der Waals surface area contributed by atoms with E-state index in [1.165, 1.54) is 11.3 Å². The lowest BCUT2D eigenvalue weighted by Crippen LogP contribution is -2.17. The first-order valence-electron chi connectivity index (χ1n) is 6.12. The van der Waals surface area contributed by atoms with Crippen LogP contribution in [0.15, 0.2) is 18.3 Å². The molecule has 2 rings (SSSR count). The number of rotatable bonds is 2. The summed E-state index contributed by atoms with van der Waals surface area (Å²) in [6.45, 7) is 9.35. The first-order valence-corrected chi connectivity index (χ1v) is 6.12. The monoisotopic (exact) mass is 231 g/mol. The number of nitrogens with zero attached hydrogens (tertiary/aromatic N) is 2. The Labute approximate surface area is 103 Å². The van der Waals surface area contributed by atoms with E-state index in [4.69, 9.17) is 10.7 Å². The number of hydrogen-bond acceptors (Lipinski definition) is 2. The second-order valence-corrected chi connectivity index (χ2v) is 5.58. The van der Waals surface area contributed by atoms with E-state index >= 15 is 0 Å². The smallest absolute Gasteiger partial charge is 0.140 e. The number of fused-ring (bicyclic) bond motifs is 1. The van der Waals surface area contributed by atoms with E-state index in [0.29, 0.717) is 6.54 Å². The summed E-state index contributed by atoms with van der Waals surface area (Å²) in [5.74, 6) is 0. The summed E-state index contributed by atoms with van der Waals surface area (Å²) in [6, 6.07) is 4.16. The highest BCUT2D eigenvalue weighted by Crippen LogP contribution is 2.27. The fraction of sp³-hybridized carbons (Fsp3) is 0.500. The van der Waals surface area contributed by atoms with Crippen LogP contribution in [0.4, 0.5) is 0 Å². The van der Waals surface area contributed by atoms with E-state index in [0.717, 1.165) is 17.8 Å². The molecule has 17 heavy (non-hydrogen) atoms. The molecule has 0 radical (unpaired) electrons. The number of aromatic nitrogens is 2. The second-order valence-electron chi connectivity index (χ2n) is 5.58. The number of aryl methyl sites for hydroxylation is 1. The largest absolute Gasteiger partial charge is 0.330 e. The number of pyridine rings is 1. The maximum absolute atomic E-state index is 5.72. The van der Waals surface area contributed by atoms with Crippen molar-refractivity contribution >= 4 is 5.65 Å². The zero-order valence-corrected chi connectivity index (χ0v) is 11.1. The van der Waals surface area contributed by atoms with Crippen molar-refractivity contribution in [1.29, 1.82) is 0 Å². The summed E-state index contributed by atoms with van der Waals surface area (Å²) in [7, 11) is 0. The molecule has 0 amide bonds. The van der Waals surface area contributed by atoms with E-state index < -0.39 is 0 Å². The normalized spacial score (nSPS) is 12.3. The predicted octanol–water partition coefficient (Wildman–Crippen LogP) is 2.44. The summed E-state index contributed by atoms with van der Waals surface area (Å²) in [6.07, 6.45) is 2.95. The van der Waals surface area contributed by atoms with Gasteiger partial charge in [-0.3, -0.25) is 0 Å². The molecule has 3 nitrogen and oxygen atoms in total. The highest BCUT2D eigenvalue weighted by molar-refractivity contribution is 5.51. The highest BCUT2D eigenvalue weighted by Gasteiger charge is 2.23. The van der Waals surface area contributed by atoms with Crippen molar-refractivity contribution in [2.24, 2.45) is 5.73 Å². The predicted molar refractivity (Wildman–Crippen MR) is 71.4 cm³/mol. The summed E-state index contributed by atoms with van der Waals surface area (Å²) >= 11 is 0. The zero-order valence-electron chi connectivity index (χ0n) is 11.1.